The van der Waals surface area contributed by atoms with Gasteiger partial charge in [0.1, 0.15) is 11.4 Å². The Morgan fingerprint density at radius 3 is 2.66 bits per heavy atom. The summed E-state index contributed by atoms with van der Waals surface area (Å²) in [6.07, 6.45) is 1.38. The quantitative estimate of drug-likeness (QED) is 0.691. The smallest absolute Gasteiger partial charge is 0.412 e. The zero-order valence-electron chi connectivity index (χ0n) is 17.2. The maximum atomic E-state index is 12.8. The molecule has 0 spiro atoms. The molecule has 1 aromatic heterocycles. The van der Waals surface area contributed by atoms with Crippen LogP contribution in [0.3, 0.4) is 0 Å². The lowest BCUT2D eigenvalue weighted by Gasteiger charge is -2.25. The summed E-state index contributed by atoms with van der Waals surface area (Å²) in [5, 5.41) is 9.73. The van der Waals surface area contributed by atoms with Crippen LogP contribution in [0.2, 0.25) is 0 Å². The molecule has 3 rings (SSSR count). The molecular formula is C21H27N3O4S. The van der Waals surface area contributed by atoms with Crippen molar-refractivity contribution < 1.29 is 19.1 Å². The fraction of sp³-hybridized carbons (Fsp3) is 0.429. The molecule has 1 atom stereocenters. The lowest BCUT2D eigenvalue weighted by atomic mass is 10.1. The normalized spacial score (nSPS) is 16.4. The summed E-state index contributed by atoms with van der Waals surface area (Å²) in [4.78, 5) is 26.7. The fourth-order valence-corrected chi connectivity index (χ4v) is 4.01. The number of ether oxygens (including phenoxy) is 2. The SMILES string of the molecule is COc1cc(NC(=O)N2CCC[C@@H]2c2ccsc2)ccc1NC(=O)OC(C)(C)C. The second kappa shape index (κ2) is 8.73. The average Bonchev–Trinajstić information content (AvgIpc) is 3.32. The van der Waals surface area contributed by atoms with Crippen molar-refractivity contribution in [1.29, 1.82) is 0 Å². The van der Waals surface area contributed by atoms with Gasteiger partial charge in [0.25, 0.3) is 0 Å². The van der Waals surface area contributed by atoms with E-state index in [1.54, 1.807) is 50.3 Å². The van der Waals surface area contributed by atoms with E-state index in [0.717, 1.165) is 19.4 Å². The Bertz CT molecular complexity index is 861. The van der Waals surface area contributed by atoms with Crippen LogP contribution in [0, 0.1) is 0 Å². The van der Waals surface area contributed by atoms with Crippen molar-refractivity contribution in [2.75, 3.05) is 24.3 Å². The number of anilines is 2. The number of hydrogen-bond acceptors (Lipinski definition) is 5. The molecule has 1 aliphatic rings. The third-order valence-corrected chi connectivity index (χ3v) is 5.23. The minimum Gasteiger partial charge on any atom is -0.494 e. The standard InChI is InChI=1S/C21H27N3O4S/c1-21(2,3)28-20(26)23-16-8-7-15(12-18(16)27-4)22-19(25)24-10-5-6-17(24)14-9-11-29-13-14/h7-9,11-13,17H,5-6,10H2,1-4H3,(H,22,25)(H,23,26)/t17-/m1/s1. The molecule has 8 heteroatoms. The Hall–Kier alpha value is -2.74. The molecule has 29 heavy (non-hydrogen) atoms. The third kappa shape index (κ3) is 5.41. The first-order chi connectivity index (χ1) is 13.8. The molecule has 156 valence electrons. The van der Waals surface area contributed by atoms with Crippen molar-refractivity contribution in [3.05, 3.63) is 40.6 Å². The van der Waals surface area contributed by atoms with Crippen LogP contribution >= 0.6 is 11.3 Å². The van der Waals surface area contributed by atoms with Crippen molar-refractivity contribution in [3.63, 3.8) is 0 Å². The van der Waals surface area contributed by atoms with Crippen molar-refractivity contribution in [1.82, 2.24) is 4.90 Å². The number of nitrogens with zero attached hydrogens (tertiary/aromatic N) is 1. The Kier molecular flexibility index (Phi) is 6.32. The van der Waals surface area contributed by atoms with E-state index in [-0.39, 0.29) is 12.1 Å². The van der Waals surface area contributed by atoms with Gasteiger partial charge in [-0.25, -0.2) is 9.59 Å². The highest BCUT2D eigenvalue weighted by molar-refractivity contribution is 7.08. The molecule has 1 fully saturated rings. The molecule has 1 saturated heterocycles. The first kappa shape index (κ1) is 21.0. The van der Waals surface area contributed by atoms with Gasteiger partial charge in [0.2, 0.25) is 0 Å². The van der Waals surface area contributed by atoms with Crippen LogP contribution in [-0.4, -0.2) is 36.3 Å². The van der Waals surface area contributed by atoms with E-state index in [2.05, 4.69) is 22.1 Å². The number of methoxy groups -OCH3 is 1. The number of nitrogens with one attached hydrogen (secondary N) is 2. The highest BCUT2D eigenvalue weighted by atomic mass is 32.1. The summed E-state index contributed by atoms with van der Waals surface area (Å²) < 4.78 is 10.6. The topological polar surface area (TPSA) is 79.9 Å². The van der Waals surface area contributed by atoms with E-state index >= 15 is 0 Å². The van der Waals surface area contributed by atoms with E-state index in [0.29, 0.717) is 17.1 Å². The molecule has 3 amide bonds. The lowest BCUT2D eigenvalue weighted by molar-refractivity contribution is 0.0635. The van der Waals surface area contributed by atoms with Crippen molar-refractivity contribution in [2.45, 2.75) is 45.3 Å². The van der Waals surface area contributed by atoms with Gasteiger partial charge < -0.3 is 19.7 Å². The van der Waals surface area contributed by atoms with Gasteiger partial charge in [0, 0.05) is 18.3 Å². The van der Waals surface area contributed by atoms with Crippen LogP contribution in [0.1, 0.15) is 45.2 Å². The van der Waals surface area contributed by atoms with E-state index < -0.39 is 11.7 Å². The van der Waals surface area contributed by atoms with Crippen LogP contribution in [0.25, 0.3) is 0 Å². The van der Waals surface area contributed by atoms with E-state index in [1.807, 2.05) is 10.3 Å². The molecule has 2 heterocycles. The van der Waals surface area contributed by atoms with Gasteiger partial charge in [-0.05, 0) is 68.1 Å². The first-order valence-corrected chi connectivity index (χ1v) is 10.5. The van der Waals surface area contributed by atoms with E-state index in [1.165, 1.54) is 12.7 Å². The Morgan fingerprint density at radius 1 is 1.21 bits per heavy atom. The van der Waals surface area contributed by atoms with Gasteiger partial charge in [0.05, 0.1) is 18.8 Å². The van der Waals surface area contributed by atoms with E-state index in [9.17, 15) is 9.59 Å². The Morgan fingerprint density at radius 2 is 2.00 bits per heavy atom. The Labute approximate surface area is 175 Å². The number of carbonyl (C=O) groups excluding carboxylic acids is 2. The number of benzene rings is 1. The van der Waals surface area contributed by atoms with E-state index in [4.69, 9.17) is 9.47 Å². The number of hydrogen-bond donors (Lipinski definition) is 2. The van der Waals surface area contributed by atoms with Crippen LogP contribution < -0.4 is 15.4 Å². The highest BCUT2D eigenvalue weighted by Gasteiger charge is 2.30. The molecular weight excluding hydrogens is 390 g/mol. The van der Waals surface area contributed by atoms with Gasteiger partial charge in [-0.2, -0.15) is 11.3 Å². The van der Waals surface area contributed by atoms with Crippen LogP contribution in [0.5, 0.6) is 5.75 Å². The largest absolute Gasteiger partial charge is 0.494 e. The third-order valence-electron chi connectivity index (χ3n) is 4.53. The van der Waals surface area contributed by atoms with Crippen LogP contribution in [0.4, 0.5) is 21.0 Å². The lowest BCUT2D eigenvalue weighted by Crippen LogP contribution is -2.34. The highest BCUT2D eigenvalue weighted by Crippen LogP contribution is 2.34. The van der Waals surface area contributed by atoms with Crippen molar-refractivity contribution >= 4 is 34.8 Å². The summed E-state index contributed by atoms with van der Waals surface area (Å²) in [6.45, 7) is 6.11. The number of amides is 3. The first-order valence-electron chi connectivity index (χ1n) is 9.54. The Balaban J connectivity index is 1.68. The number of likely N-dealkylation sites (tertiary alicyclic amines) is 1. The zero-order valence-corrected chi connectivity index (χ0v) is 18.0. The van der Waals surface area contributed by atoms with Crippen LogP contribution in [-0.2, 0) is 4.74 Å². The number of rotatable bonds is 4. The summed E-state index contributed by atoms with van der Waals surface area (Å²) in [5.74, 6) is 0.435. The second-order valence-electron chi connectivity index (χ2n) is 7.88. The van der Waals surface area contributed by atoms with Gasteiger partial charge in [-0.3, -0.25) is 5.32 Å². The minimum absolute atomic E-state index is 0.108. The van der Waals surface area contributed by atoms with Crippen molar-refractivity contribution in [2.24, 2.45) is 0 Å². The monoisotopic (exact) mass is 417 g/mol. The fourth-order valence-electron chi connectivity index (χ4n) is 3.30. The predicted molar refractivity (Wildman–Crippen MR) is 115 cm³/mol. The summed E-state index contributed by atoms with van der Waals surface area (Å²) >= 11 is 1.64. The average molecular weight is 418 g/mol. The molecule has 0 saturated carbocycles. The van der Waals surface area contributed by atoms with Crippen LogP contribution in [0.15, 0.2) is 35.0 Å². The molecule has 0 unspecified atom stereocenters. The molecule has 2 aromatic rings. The summed E-state index contributed by atoms with van der Waals surface area (Å²) in [5.41, 5.74) is 1.65. The molecule has 1 aromatic carbocycles. The van der Waals surface area contributed by atoms with Gasteiger partial charge in [0.15, 0.2) is 0 Å². The second-order valence-corrected chi connectivity index (χ2v) is 8.66. The molecule has 0 bridgehead atoms. The molecule has 2 N–H and O–H groups in total. The van der Waals surface area contributed by atoms with Crippen molar-refractivity contribution in [3.8, 4) is 5.75 Å². The maximum Gasteiger partial charge on any atom is 0.412 e. The molecule has 0 aliphatic carbocycles. The minimum atomic E-state index is -0.597. The summed E-state index contributed by atoms with van der Waals surface area (Å²) in [7, 11) is 1.51. The summed E-state index contributed by atoms with van der Waals surface area (Å²) in [6, 6.07) is 7.12. The molecule has 1 aliphatic heterocycles. The van der Waals surface area contributed by atoms with Gasteiger partial charge in [-0.1, -0.05) is 0 Å². The molecule has 0 radical (unpaired) electrons. The number of thiophene rings is 1. The van der Waals surface area contributed by atoms with Gasteiger partial charge >= 0.3 is 12.1 Å². The molecule has 7 nitrogen and oxygen atoms in total. The zero-order chi connectivity index (χ0) is 21.0. The van der Waals surface area contributed by atoms with Gasteiger partial charge in [-0.15, -0.1) is 0 Å². The number of carbonyl (C=O) groups is 2. The number of urea groups is 1. The predicted octanol–water partition coefficient (Wildman–Crippen LogP) is 5.47. The maximum absolute atomic E-state index is 12.8.